The lowest BCUT2D eigenvalue weighted by Gasteiger charge is -2.03. The Bertz CT molecular complexity index is 235. The predicted molar refractivity (Wildman–Crippen MR) is 56.3 cm³/mol. The van der Waals surface area contributed by atoms with Crippen molar-refractivity contribution in [1.82, 2.24) is 4.98 Å². The SMILES string of the molecule is C[C@@H](N)CSc1ccc(Br)cn1. The van der Waals surface area contributed by atoms with Crippen LogP contribution >= 0.6 is 27.7 Å². The Kier molecular flexibility index (Phi) is 4.05. The fourth-order valence-electron chi connectivity index (χ4n) is 0.664. The van der Waals surface area contributed by atoms with Crippen LogP contribution in [0.4, 0.5) is 0 Å². The molecule has 1 heterocycles. The van der Waals surface area contributed by atoms with Gasteiger partial charge >= 0.3 is 0 Å². The average Bonchev–Trinajstić information content (AvgIpc) is 2.03. The first-order valence-corrected chi connectivity index (χ1v) is 5.46. The molecule has 4 heteroatoms. The third-order valence-electron chi connectivity index (χ3n) is 1.19. The molecule has 0 fully saturated rings. The van der Waals surface area contributed by atoms with Crippen molar-refractivity contribution < 1.29 is 0 Å². The van der Waals surface area contributed by atoms with Crippen LogP contribution in [0.25, 0.3) is 0 Å². The van der Waals surface area contributed by atoms with Gasteiger partial charge in [0.05, 0.1) is 5.03 Å². The Morgan fingerprint density at radius 3 is 2.92 bits per heavy atom. The lowest BCUT2D eigenvalue weighted by molar-refractivity contribution is 0.846. The summed E-state index contributed by atoms with van der Waals surface area (Å²) in [5.41, 5.74) is 5.61. The molecule has 1 atom stereocenters. The van der Waals surface area contributed by atoms with E-state index in [0.717, 1.165) is 15.3 Å². The number of hydrogen-bond acceptors (Lipinski definition) is 3. The number of rotatable bonds is 3. The molecule has 1 rings (SSSR count). The summed E-state index contributed by atoms with van der Waals surface area (Å²) in [6, 6.07) is 4.19. The van der Waals surface area contributed by atoms with Gasteiger partial charge in [-0.3, -0.25) is 0 Å². The van der Waals surface area contributed by atoms with Crippen LogP contribution in [0.1, 0.15) is 6.92 Å². The normalized spacial score (nSPS) is 12.9. The molecule has 1 aromatic rings. The maximum Gasteiger partial charge on any atom is 0.0961 e. The lowest BCUT2D eigenvalue weighted by atomic mass is 10.4. The van der Waals surface area contributed by atoms with E-state index in [-0.39, 0.29) is 6.04 Å². The van der Waals surface area contributed by atoms with Gasteiger partial charge in [0.1, 0.15) is 0 Å². The van der Waals surface area contributed by atoms with Crippen molar-refractivity contribution in [3.63, 3.8) is 0 Å². The van der Waals surface area contributed by atoms with Crippen LogP contribution in [0.15, 0.2) is 27.8 Å². The zero-order valence-electron chi connectivity index (χ0n) is 6.83. The van der Waals surface area contributed by atoms with Crippen LogP contribution in [0, 0.1) is 0 Å². The van der Waals surface area contributed by atoms with Crippen molar-refractivity contribution >= 4 is 27.7 Å². The summed E-state index contributed by atoms with van der Waals surface area (Å²) in [4.78, 5) is 4.21. The molecule has 0 saturated carbocycles. The first kappa shape index (κ1) is 10.0. The van der Waals surface area contributed by atoms with Crippen molar-refractivity contribution in [2.45, 2.75) is 18.0 Å². The van der Waals surface area contributed by atoms with Crippen molar-refractivity contribution in [3.8, 4) is 0 Å². The minimum atomic E-state index is 0.223. The van der Waals surface area contributed by atoms with Gasteiger partial charge in [-0.1, -0.05) is 0 Å². The molecule has 1 aromatic heterocycles. The number of aromatic nitrogens is 1. The average molecular weight is 247 g/mol. The number of pyridine rings is 1. The first-order chi connectivity index (χ1) is 5.68. The van der Waals surface area contributed by atoms with E-state index in [1.54, 1.807) is 18.0 Å². The highest BCUT2D eigenvalue weighted by Gasteiger charge is 1.97. The van der Waals surface area contributed by atoms with E-state index in [4.69, 9.17) is 5.73 Å². The van der Waals surface area contributed by atoms with Crippen LogP contribution in [-0.2, 0) is 0 Å². The number of nitrogens with zero attached hydrogens (tertiary/aromatic N) is 1. The summed E-state index contributed by atoms with van der Waals surface area (Å²) < 4.78 is 1.01. The van der Waals surface area contributed by atoms with Crippen LogP contribution in [0.3, 0.4) is 0 Å². The smallest absolute Gasteiger partial charge is 0.0961 e. The van der Waals surface area contributed by atoms with Crippen molar-refractivity contribution in [1.29, 1.82) is 0 Å². The quantitative estimate of drug-likeness (QED) is 0.833. The molecule has 66 valence electrons. The Balaban J connectivity index is 2.48. The van der Waals surface area contributed by atoms with Crippen LogP contribution < -0.4 is 5.73 Å². The number of thioether (sulfide) groups is 1. The van der Waals surface area contributed by atoms with Gasteiger partial charge in [-0.2, -0.15) is 0 Å². The summed E-state index contributed by atoms with van der Waals surface area (Å²) in [7, 11) is 0. The van der Waals surface area contributed by atoms with E-state index >= 15 is 0 Å². The Morgan fingerprint density at radius 1 is 1.67 bits per heavy atom. The van der Waals surface area contributed by atoms with Crippen molar-refractivity contribution in [3.05, 3.63) is 22.8 Å². The summed E-state index contributed by atoms with van der Waals surface area (Å²) >= 11 is 5.01. The molecule has 0 aliphatic rings. The van der Waals surface area contributed by atoms with E-state index < -0.39 is 0 Å². The molecule has 2 nitrogen and oxygen atoms in total. The topological polar surface area (TPSA) is 38.9 Å². The molecule has 0 radical (unpaired) electrons. The molecule has 0 unspecified atom stereocenters. The van der Waals surface area contributed by atoms with Crippen molar-refractivity contribution in [2.24, 2.45) is 5.73 Å². The molecule has 0 saturated heterocycles. The summed E-state index contributed by atoms with van der Waals surface area (Å²) in [5, 5.41) is 1.02. The molecule has 12 heavy (non-hydrogen) atoms. The number of halogens is 1. The highest BCUT2D eigenvalue weighted by atomic mass is 79.9. The van der Waals surface area contributed by atoms with Crippen LogP contribution in [-0.4, -0.2) is 16.8 Å². The zero-order valence-corrected chi connectivity index (χ0v) is 9.23. The third kappa shape index (κ3) is 3.56. The molecule has 0 aliphatic heterocycles. The molecule has 2 N–H and O–H groups in total. The predicted octanol–water partition coefficient (Wildman–Crippen LogP) is 2.28. The van der Waals surface area contributed by atoms with Gasteiger partial charge in [0.15, 0.2) is 0 Å². The summed E-state index contributed by atoms with van der Waals surface area (Å²) in [6.45, 7) is 1.99. The molecule has 0 bridgehead atoms. The second-order valence-corrected chi connectivity index (χ2v) is 4.56. The largest absolute Gasteiger partial charge is 0.327 e. The lowest BCUT2D eigenvalue weighted by Crippen LogP contribution is -2.17. The van der Waals surface area contributed by atoms with Crippen LogP contribution in [0.2, 0.25) is 0 Å². The second-order valence-electron chi connectivity index (χ2n) is 2.60. The molecular weight excluding hydrogens is 236 g/mol. The standard InChI is InChI=1S/C8H11BrN2S/c1-6(10)5-12-8-3-2-7(9)4-11-8/h2-4,6H,5,10H2,1H3/t6-/m1/s1. The van der Waals surface area contributed by atoms with Gasteiger partial charge in [0.2, 0.25) is 0 Å². The Morgan fingerprint density at radius 2 is 2.42 bits per heavy atom. The zero-order chi connectivity index (χ0) is 8.97. The monoisotopic (exact) mass is 246 g/mol. The number of hydrogen-bond donors (Lipinski definition) is 1. The first-order valence-electron chi connectivity index (χ1n) is 3.68. The molecule has 0 amide bonds. The van der Waals surface area contributed by atoms with Crippen molar-refractivity contribution in [2.75, 3.05) is 5.75 Å². The highest BCUT2D eigenvalue weighted by molar-refractivity contribution is 9.10. The van der Waals surface area contributed by atoms with Gasteiger partial charge < -0.3 is 5.73 Å². The second kappa shape index (κ2) is 4.84. The Labute approximate surface area is 85.1 Å². The minimum Gasteiger partial charge on any atom is -0.327 e. The van der Waals surface area contributed by atoms with E-state index in [2.05, 4.69) is 20.9 Å². The fourth-order valence-corrected chi connectivity index (χ4v) is 1.62. The third-order valence-corrected chi connectivity index (χ3v) is 2.89. The maximum absolute atomic E-state index is 5.61. The molecular formula is C8H11BrN2S. The minimum absolute atomic E-state index is 0.223. The molecule has 0 spiro atoms. The molecule has 0 aromatic carbocycles. The fraction of sp³-hybridized carbons (Fsp3) is 0.375. The van der Waals surface area contributed by atoms with E-state index in [1.807, 2.05) is 19.1 Å². The van der Waals surface area contributed by atoms with E-state index in [0.29, 0.717) is 0 Å². The van der Waals surface area contributed by atoms with E-state index in [9.17, 15) is 0 Å². The summed E-state index contributed by atoms with van der Waals surface area (Å²) in [6.07, 6.45) is 1.80. The Hall–Kier alpha value is -0.0600. The highest BCUT2D eigenvalue weighted by Crippen LogP contribution is 2.17. The molecule has 0 aliphatic carbocycles. The van der Waals surface area contributed by atoms with Gasteiger partial charge in [-0.15, -0.1) is 11.8 Å². The van der Waals surface area contributed by atoms with Crippen LogP contribution in [0.5, 0.6) is 0 Å². The van der Waals surface area contributed by atoms with Gasteiger partial charge in [0.25, 0.3) is 0 Å². The van der Waals surface area contributed by atoms with E-state index in [1.165, 1.54) is 0 Å². The maximum atomic E-state index is 5.61. The van der Waals surface area contributed by atoms with Gasteiger partial charge in [-0.25, -0.2) is 4.98 Å². The van der Waals surface area contributed by atoms with Gasteiger partial charge in [-0.05, 0) is 35.0 Å². The summed E-state index contributed by atoms with van der Waals surface area (Å²) in [5.74, 6) is 0.911. The van der Waals surface area contributed by atoms with Gasteiger partial charge in [0, 0.05) is 22.5 Å². The number of nitrogens with two attached hydrogens (primary N) is 1.